The molecule has 290 valence electrons. The molecule has 0 fully saturated rings. The Morgan fingerprint density at radius 2 is 0.565 bits per heavy atom. The molecule has 0 saturated carbocycles. The Bertz CT molecular complexity index is 3370. The second-order valence-electron chi connectivity index (χ2n) is 16.0. The maximum Gasteiger partial charge on any atom is 0.0715 e. The van der Waals surface area contributed by atoms with Crippen LogP contribution in [0.4, 0.5) is 0 Å². The van der Waals surface area contributed by atoms with E-state index >= 15 is 0 Å². The van der Waals surface area contributed by atoms with Crippen LogP contribution in [0.5, 0.6) is 0 Å². The molecule has 3 heteroatoms. The van der Waals surface area contributed by atoms with Gasteiger partial charge in [0.2, 0.25) is 0 Å². The highest BCUT2D eigenvalue weighted by Gasteiger charge is 2.18. The fraction of sp³-hybridized carbons (Fsp3) is 0. The highest BCUT2D eigenvalue weighted by Crippen LogP contribution is 2.41. The van der Waals surface area contributed by atoms with Crippen molar-refractivity contribution in [2.24, 2.45) is 0 Å². The van der Waals surface area contributed by atoms with Gasteiger partial charge in [0, 0.05) is 44.0 Å². The minimum absolute atomic E-state index is 0.944. The van der Waals surface area contributed by atoms with Gasteiger partial charge in [0.1, 0.15) is 0 Å². The van der Waals surface area contributed by atoms with Crippen molar-refractivity contribution in [1.29, 1.82) is 0 Å². The lowest BCUT2D eigenvalue weighted by Gasteiger charge is -2.15. The Labute approximate surface area is 360 Å². The van der Waals surface area contributed by atoms with Crippen LogP contribution in [0.3, 0.4) is 0 Å². The van der Waals surface area contributed by atoms with Crippen LogP contribution in [0.1, 0.15) is 0 Å². The van der Waals surface area contributed by atoms with Crippen LogP contribution in [0.15, 0.2) is 237 Å². The summed E-state index contributed by atoms with van der Waals surface area (Å²) in [5.74, 6) is 0. The summed E-state index contributed by atoms with van der Waals surface area (Å²) in [5.41, 5.74) is 18.0. The van der Waals surface area contributed by atoms with Crippen LogP contribution >= 0.6 is 0 Å². The summed E-state index contributed by atoms with van der Waals surface area (Å²) in [6.07, 6.45) is 0. The lowest BCUT2D eigenvalue weighted by molar-refractivity contribution is 1.18. The first-order chi connectivity index (χ1) is 30.7. The van der Waals surface area contributed by atoms with E-state index in [4.69, 9.17) is 4.98 Å². The summed E-state index contributed by atoms with van der Waals surface area (Å²) in [6.45, 7) is 0. The van der Waals surface area contributed by atoms with E-state index in [-0.39, 0.29) is 0 Å². The number of hydrogen-bond acceptors (Lipinski definition) is 1. The SMILES string of the molecule is c1ccc(-c2cc(-c3cc(-c4ccc5c(c4)c4ccccc4n5-c4ccccc4)cc(-c4ccc5c(c4)c4ccccc4n5-c4ccccc4)c3)cc(-c3ccccc3)n2)cc1. The number of pyridine rings is 1. The van der Waals surface area contributed by atoms with Crippen molar-refractivity contribution in [3.63, 3.8) is 0 Å². The molecule has 62 heavy (non-hydrogen) atoms. The van der Waals surface area contributed by atoms with Crippen molar-refractivity contribution in [3.8, 4) is 67.3 Å². The largest absolute Gasteiger partial charge is 0.309 e. The predicted molar refractivity (Wildman–Crippen MR) is 260 cm³/mol. The number of para-hydroxylation sites is 4. The molecule has 0 atom stereocenters. The molecule has 0 radical (unpaired) electrons. The van der Waals surface area contributed by atoms with E-state index in [9.17, 15) is 0 Å². The van der Waals surface area contributed by atoms with Gasteiger partial charge in [-0.15, -0.1) is 0 Å². The zero-order valence-electron chi connectivity index (χ0n) is 33.9. The molecule has 0 bridgehead atoms. The third-order valence-corrected chi connectivity index (χ3v) is 12.3. The number of nitrogens with zero attached hydrogens (tertiary/aromatic N) is 3. The van der Waals surface area contributed by atoms with Crippen LogP contribution in [0, 0.1) is 0 Å². The Morgan fingerprint density at radius 1 is 0.226 bits per heavy atom. The second kappa shape index (κ2) is 14.8. The summed E-state index contributed by atoms with van der Waals surface area (Å²) in [7, 11) is 0. The Kier molecular flexibility index (Phi) is 8.50. The lowest BCUT2D eigenvalue weighted by atomic mass is 9.91. The van der Waals surface area contributed by atoms with Gasteiger partial charge in [-0.25, -0.2) is 4.98 Å². The Hall–Kier alpha value is -8.27. The molecular formula is C59H39N3. The molecule has 0 amide bonds. The van der Waals surface area contributed by atoms with E-state index in [0.29, 0.717) is 0 Å². The highest BCUT2D eigenvalue weighted by atomic mass is 15.0. The summed E-state index contributed by atoms with van der Waals surface area (Å²) < 4.78 is 4.76. The number of hydrogen-bond donors (Lipinski definition) is 0. The number of rotatable bonds is 7. The maximum atomic E-state index is 5.24. The van der Waals surface area contributed by atoms with Gasteiger partial charge in [-0.05, 0) is 124 Å². The number of fused-ring (bicyclic) bond motifs is 6. The number of benzene rings is 9. The first-order valence-electron chi connectivity index (χ1n) is 21.2. The average molecular weight is 790 g/mol. The van der Waals surface area contributed by atoms with Gasteiger partial charge in [0.15, 0.2) is 0 Å². The summed E-state index contributed by atoms with van der Waals surface area (Å²) in [4.78, 5) is 5.24. The van der Waals surface area contributed by atoms with Crippen LogP contribution in [-0.2, 0) is 0 Å². The zero-order valence-corrected chi connectivity index (χ0v) is 33.9. The molecule has 0 spiro atoms. The summed E-state index contributed by atoms with van der Waals surface area (Å²) >= 11 is 0. The van der Waals surface area contributed by atoms with E-state index in [2.05, 4.69) is 246 Å². The van der Waals surface area contributed by atoms with Gasteiger partial charge in [0.05, 0.1) is 33.5 Å². The normalized spacial score (nSPS) is 11.5. The fourth-order valence-electron chi connectivity index (χ4n) is 9.35. The van der Waals surface area contributed by atoms with Gasteiger partial charge in [-0.1, -0.05) is 146 Å². The fourth-order valence-corrected chi connectivity index (χ4v) is 9.35. The predicted octanol–water partition coefficient (Wildman–Crippen LogP) is 15.6. The van der Waals surface area contributed by atoms with Crippen LogP contribution in [-0.4, -0.2) is 14.1 Å². The second-order valence-corrected chi connectivity index (χ2v) is 16.0. The van der Waals surface area contributed by atoms with Gasteiger partial charge in [0.25, 0.3) is 0 Å². The van der Waals surface area contributed by atoms with Crippen molar-refractivity contribution >= 4 is 43.6 Å². The zero-order chi connectivity index (χ0) is 41.0. The van der Waals surface area contributed by atoms with Crippen molar-refractivity contribution in [2.75, 3.05) is 0 Å². The Morgan fingerprint density at radius 3 is 1.00 bits per heavy atom. The van der Waals surface area contributed by atoms with Crippen molar-refractivity contribution < 1.29 is 0 Å². The molecule has 0 aliphatic rings. The third-order valence-electron chi connectivity index (χ3n) is 12.3. The van der Waals surface area contributed by atoms with Gasteiger partial charge >= 0.3 is 0 Å². The van der Waals surface area contributed by atoms with Gasteiger partial charge in [-0.2, -0.15) is 0 Å². The first-order valence-corrected chi connectivity index (χ1v) is 21.2. The minimum Gasteiger partial charge on any atom is -0.309 e. The molecule has 0 saturated heterocycles. The quantitative estimate of drug-likeness (QED) is 0.158. The maximum absolute atomic E-state index is 5.24. The van der Waals surface area contributed by atoms with Crippen molar-refractivity contribution in [3.05, 3.63) is 237 Å². The van der Waals surface area contributed by atoms with E-state index in [0.717, 1.165) is 56.1 Å². The molecular weight excluding hydrogens is 751 g/mol. The topological polar surface area (TPSA) is 22.8 Å². The summed E-state index contributed by atoms with van der Waals surface area (Å²) in [5, 5.41) is 4.93. The minimum atomic E-state index is 0.944. The molecule has 12 aromatic rings. The Balaban J connectivity index is 1.10. The van der Waals surface area contributed by atoms with E-state index in [1.165, 1.54) is 54.7 Å². The smallest absolute Gasteiger partial charge is 0.0715 e. The first kappa shape index (κ1) is 35.7. The average Bonchev–Trinajstić information content (AvgIpc) is 3.87. The van der Waals surface area contributed by atoms with Gasteiger partial charge < -0.3 is 9.13 Å². The van der Waals surface area contributed by atoms with Crippen molar-refractivity contribution in [2.45, 2.75) is 0 Å². The highest BCUT2D eigenvalue weighted by molar-refractivity contribution is 6.12. The molecule has 3 heterocycles. The number of aromatic nitrogens is 3. The van der Waals surface area contributed by atoms with Crippen LogP contribution in [0.25, 0.3) is 111 Å². The third kappa shape index (κ3) is 6.10. The molecule has 3 nitrogen and oxygen atoms in total. The molecule has 0 aliphatic carbocycles. The van der Waals surface area contributed by atoms with E-state index in [1.807, 2.05) is 0 Å². The summed E-state index contributed by atoms with van der Waals surface area (Å²) in [6, 6.07) is 85.4. The molecule has 0 unspecified atom stereocenters. The molecule has 9 aromatic carbocycles. The standard InChI is InChI=1S/C59H39N3/c1-5-17-40(18-6-1)54-38-47(39-55(60-54)41-19-7-2-8-20-41)46-34-44(42-29-31-58-52(36-42)50-25-13-15-27-56(50)61(58)48-21-9-3-10-22-48)33-45(35-46)43-30-32-59-53(37-43)51-26-14-16-28-57(51)62(59)49-23-11-4-12-24-49/h1-39H. The van der Waals surface area contributed by atoms with Crippen LogP contribution < -0.4 is 0 Å². The molecule has 12 rings (SSSR count). The van der Waals surface area contributed by atoms with E-state index in [1.54, 1.807) is 0 Å². The van der Waals surface area contributed by atoms with E-state index < -0.39 is 0 Å². The van der Waals surface area contributed by atoms with Crippen molar-refractivity contribution in [1.82, 2.24) is 14.1 Å². The monoisotopic (exact) mass is 789 g/mol. The molecule has 0 N–H and O–H groups in total. The van der Waals surface area contributed by atoms with Crippen LogP contribution in [0.2, 0.25) is 0 Å². The van der Waals surface area contributed by atoms with Gasteiger partial charge in [-0.3, -0.25) is 0 Å². The lowest BCUT2D eigenvalue weighted by Crippen LogP contribution is -1.93. The molecule has 3 aromatic heterocycles. The molecule has 0 aliphatic heterocycles.